The summed E-state index contributed by atoms with van der Waals surface area (Å²) in [6.45, 7) is 0.783. The van der Waals surface area contributed by atoms with Gasteiger partial charge in [-0.05, 0) is 30.3 Å². The maximum atomic E-state index is 12.9. The highest BCUT2D eigenvalue weighted by Crippen LogP contribution is 2.24. The van der Waals surface area contributed by atoms with Gasteiger partial charge < -0.3 is 9.64 Å². The molecule has 1 aromatic heterocycles. The van der Waals surface area contributed by atoms with E-state index >= 15 is 0 Å². The van der Waals surface area contributed by atoms with Crippen molar-refractivity contribution in [1.82, 2.24) is 9.88 Å². The summed E-state index contributed by atoms with van der Waals surface area (Å²) in [5, 5.41) is 0.195. The molecular formula is C17H18ClFN2O2. The molecule has 0 unspecified atom stereocenters. The fraction of sp³-hybridized carbons (Fsp3) is 0.294. The summed E-state index contributed by atoms with van der Waals surface area (Å²) >= 11 is 5.86. The molecule has 2 rings (SSSR count). The zero-order valence-corrected chi connectivity index (χ0v) is 13.6. The summed E-state index contributed by atoms with van der Waals surface area (Å²) in [7, 11) is 1.75. The molecule has 0 bridgehead atoms. The number of ether oxygens (including phenoxy) is 1. The average molecular weight is 337 g/mol. The third-order valence-electron chi connectivity index (χ3n) is 3.32. The molecule has 0 atom stereocenters. The molecule has 0 N–H and O–H groups in total. The molecule has 1 amide bonds. The van der Waals surface area contributed by atoms with E-state index in [0.717, 1.165) is 5.69 Å². The molecule has 0 radical (unpaired) electrons. The van der Waals surface area contributed by atoms with E-state index in [0.29, 0.717) is 18.7 Å². The molecule has 6 heteroatoms. The van der Waals surface area contributed by atoms with E-state index in [4.69, 9.17) is 16.3 Å². The maximum Gasteiger partial charge on any atom is 0.225 e. The number of nitrogens with zero attached hydrogens (tertiary/aromatic N) is 2. The summed E-state index contributed by atoms with van der Waals surface area (Å²) in [6, 6.07) is 9.60. The molecular weight excluding hydrogens is 319 g/mol. The number of hydrogen-bond acceptors (Lipinski definition) is 3. The maximum absolute atomic E-state index is 12.9. The van der Waals surface area contributed by atoms with E-state index in [2.05, 4.69) is 4.98 Å². The molecule has 0 aliphatic heterocycles. The predicted molar refractivity (Wildman–Crippen MR) is 87.1 cm³/mol. The molecule has 4 nitrogen and oxygen atoms in total. The lowest BCUT2D eigenvalue weighted by Crippen LogP contribution is -2.30. The Labute approximate surface area is 139 Å². The lowest BCUT2D eigenvalue weighted by molar-refractivity contribution is -0.130. The highest BCUT2D eigenvalue weighted by Gasteiger charge is 2.10. The van der Waals surface area contributed by atoms with Crippen LogP contribution in [0.25, 0.3) is 0 Å². The minimum absolute atomic E-state index is 0.0286. The third kappa shape index (κ3) is 5.53. The second kappa shape index (κ2) is 8.48. The van der Waals surface area contributed by atoms with E-state index in [1.807, 2.05) is 18.2 Å². The molecule has 0 fully saturated rings. The van der Waals surface area contributed by atoms with Gasteiger partial charge in [0.15, 0.2) is 0 Å². The molecule has 0 spiro atoms. The van der Waals surface area contributed by atoms with Crippen LogP contribution in [-0.4, -0.2) is 36.0 Å². The molecule has 0 saturated carbocycles. The van der Waals surface area contributed by atoms with Crippen molar-refractivity contribution in [3.63, 3.8) is 0 Å². The average Bonchev–Trinajstić information content (AvgIpc) is 2.55. The molecule has 23 heavy (non-hydrogen) atoms. The molecule has 1 heterocycles. The van der Waals surface area contributed by atoms with Crippen LogP contribution in [0.15, 0.2) is 42.6 Å². The van der Waals surface area contributed by atoms with E-state index in [1.54, 1.807) is 18.1 Å². The second-order valence-corrected chi connectivity index (χ2v) is 5.47. The Hall–Kier alpha value is -2.14. The quantitative estimate of drug-likeness (QED) is 0.778. The van der Waals surface area contributed by atoms with Gasteiger partial charge in [0.1, 0.15) is 11.6 Å². The van der Waals surface area contributed by atoms with Gasteiger partial charge in [0, 0.05) is 31.9 Å². The Bertz CT molecular complexity index is 652. The first-order valence-electron chi connectivity index (χ1n) is 7.28. The summed E-state index contributed by atoms with van der Waals surface area (Å²) in [5.74, 6) is -0.0798. The van der Waals surface area contributed by atoms with Crippen LogP contribution in [0.4, 0.5) is 4.39 Å². The van der Waals surface area contributed by atoms with Gasteiger partial charge in [-0.15, -0.1) is 0 Å². The number of carbonyl (C=O) groups is 1. The summed E-state index contributed by atoms with van der Waals surface area (Å²) in [4.78, 5) is 17.9. The number of carbonyl (C=O) groups excluding carboxylic acids is 1. The Morgan fingerprint density at radius 2 is 2.17 bits per heavy atom. The lowest BCUT2D eigenvalue weighted by atomic mass is 10.2. The minimum atomic E-state index is -0.423. The van der Waals surface area contributed by atoms with Gasteiger partial charge in [-0.25, -0.2) is 4.39 Å². The van der Waals surface area contributed by atoms with Crippen LogP contribution in [0.5, 0.6) is 5.75 Å². The van der Waals surface area contributed by atoms with Crippen molar-refractivity contribution in [1.29, 1.82) is 0 Å². The van der Waals surface area contributed by atoms with Crippen LogP contribution in [0.3, 0.4) is 0 Å². The first-order valence-corrected chi connectivity index (χ1v) is 7.66. The molecule has 0 saturated heterocycles. The highest BCUT2D eigenvalue weighted by molar-refractivity contribution is 6.32. The number of pyridine rings is 1. The second-order valence-electron chi connectivity index (χ2n) is 5.06. The van der Waals surface area contributed by atoms with E-state index < -0.39 is 5.82 Å². The summed E-state index contributed by atoms with van der Waals surface area (Å²) in [5.41, 5.74) is 0.946. The van der Waals surface area contributed by atoms with Crippen molar-refractivity contribution in [3.8, 4) is 5.75 Å². The van der Waals surface area contributed by atoms with Crippen LogP contribution in [0, 0.1) is 5.82 Å². The Balaban J connectivity index is 1.73. The van der Waals surface area contributed by atoms with Crippen LogP contribution < -0.4 is 4.74 Å². The van der Waals surface area contributed by atoms with E-state index in [-0.39, 0.29) is 24.0 Å². The fourth-order valence-corrected chi connectivity index (χ4v) is 2.21. The molecule has 1 aromatic carbocycles. The summed E-state index contributed by atoms with van der Waals surface area (Å²) < 4.78 is 18.3. The van der Waals surface area contributed by atoms with Crippen LogP contribution >= 0.6 is 11.6 Å². The molecule has 122 valence electrons. The van der Waals surface area contributed by atoms with E-state index in [1.165, 1.54) is 18.2 Å². The standard InChI is InChI=1S/C17H18ClFN2O2/c1-21(10-7-14-4-2-3-9-20-14)17(22)8-11-23-16-6-5-13(19)12-15(16)18/h2-6,9,12H,7-8,10-11H2,1H3. The van der Waals surface area contributed by atoms with Crippen LogP contribution in [0.1, 0.15) is 12.1 Å². The lowest BCUT2D eigenvalue weighted by Gasteiger charge is -2.17. The Morgan fingerprint density at radius 1 is 1.35 bits per heavy atom. The van der Waals surface area contributed by atoms with Crippen molar-refractivity contribution in [2.75, 3.05) is 20.2 Å². The smallest absolute Gasteiger partial charge is 0.225 e. The number of aromatic nitrogens is 1. The van der Waals surface area contributed by atoms with Crippen LogP contribution in [0.2, 0.25) is 5.02 Å². The van der Waals surface area contributed by atoms with Crippen molar-refractivity contribution >= 4 is 17.5 Å². The van der Waals surface area contributed by atoms with Gasteiger partial charge in [-0.3, -0.25) is 9.78 Å². The number of hydrogen-bond donors (Lipinski definition) is 0. The van der Waals surface area contributed by atoms with E-state index in [9.17, 15) is 9.18 Å². The van der Waals surface area contributed by atoms with Crippen molar-refractivity contribution < 1.29 is 13.9 Å². The van der Waals surface area contributed by atoms with Crippen molar-refractivity contribution in [3.05, 3.63) is 59.1 Å². The Morgan fingerprint density at radius 3 is 2.87 bits per heavy atom. The molecule has 0 aliphatic carbocycles. The summed E-state index contributed by atoms with van der Waals surface area (Å²) in [6.07, 6.45) is 2.66. The fourth-order valence-electron chi connectivity index (χ4n) is 1.98. The van der Waals surface area contributed by atoms with Gasteiger partial charge in [0.25, 0.3) is 0 Å². The van der Waals surface area contributed by atoms with Gasteiger partial charge in [-0.2, -0.15) is 0 Å². The number of amides is 1. The topological polar surface area (TPSA) is 42.4 Å². The highest BCUT2D eigenvalue weighted by atomic mass is 35.5. The Kier molecular flexibility index (Phi) is 6.35. The number of likely N-dealkylation sites (N-methyl/N-ethyl adjacent to an activating group) is 1. The number of halogens is 2. The first kappa shape index (κ1) is 17.2. The normalized spacial score (nSPS) is 10.4. The van der Waals surface area contributed by atoms with Crippen molar-refractivity contribution in [2.45, 2.75) is 12.8 Å². The van der Waals surface area contributed by atoms with Gasteiger partial charge >= 0.3 is 0 Å². The van der Waals surface area contributed by atoms with Gasteiger partial charge in [0.2, 0.25) is 5.91 Å². The van der Waals surface area contributed by atoms with Gasteiger partial charge in [-0.1, -0.05) is 17.7 Å². The zero-order chi connectivity index (χ0) is 16.7. The largest absolute Gasteiger partial charge is 0.491 e. The molecule has 0 aliphatic rings. The monoisotopic (exact) mass is 336 g/mol. The SMILES string of the molecule is CN(CCc1ccccn1)C(=O)CCOc1ccc(F)cc1Cl. The zero-order valence-electron chi connectivity index (χ0n) is 12.8. The first-order chi connectivity index (χ1) is 11.1. The van der Waals surface area contributed by atoms with Crippen molar-refractivity contribution in [2.24, 2.45) is 0 Å². The van der Waals surface area contributed by atoms with Crippen LogP contribution in [-0.2, 0) is 11.2 Å². The number of benzene rings is 1. The predicted octanol–water partition coefficient (Wildman–Crippen LogP) is 3.34. The van der Waals surface area contributed by atoms with Gasteiger partial charge in [0.05, 0.1) is 18.1 Å². The number of rotatable bonds is 7. The molecule has 2 aromatic rings. The minimum Gasteiger partial charge on any atom is -0.491 e. The third-order valence-corrected chi connectivity index (χ3v) is 3.62.